The molecule has 1 nitrogen and oxygen atoms in total. The topological polar surface area (TPSA) is 12.0 Å². The van der Waals surface area contributed by atoms with Gasteiger partial charge in [-0.05, 0) is 35.9 Å². The summed E-state index contributed by atoms with van der Waals surface area (Å²) in [5.74, 6) is -0.393. The van der Waals surface area contributed by atoms with Crippen molar-refractivity contribution in [2.45, 2.75) is 6.54 Å². The van der Waals surface area contributed by atoms with Crippen LogP contribution in [0.15, 0.2) is 36.4 Å². The van der Waals surface area contributed by atoms with Crippen molar-refractivity contribution in [3.8, 4) is 0 Å². The molecule has 0 atom stereocenters. The summed E-state index contributed by atoms with van der Waals surface area (Å²) < 4.78 is 13.5. The Hall–Kier alpha value is -0.960. The Morgan fingerprint density at radius 3 is 2.28 bits per heavy atom. The molecule has 18 heavy (non-hydrogen) atoms. The van der Waals surface area contributed by atoms with Crippen molar-refractivity contribution in [3.05, 3.63) is 62.8 Å². The Morgan fingerprint density at radius 2 is 1.67 bits per heavy atom. The summed E-state index contributed by atoms with van der Waals surface area (Å²) in [5, 5.41) is 4.35. The fourth-order valence-corrected chi connectivity index (χ4v) is 2.37. The molecule has 2 rings (SSSR count). The van der Waals surface area contributed by atoms with Crippen molar-refractivity contribution in [1.82, 2.24) is 0 Å². The maximum Gasteiger partial charge on any atom is 0.147 e. The van der Waals surface area contributed by atoms with Gasteiger partial charge >= 0.3 is 0 Å². The first-order valence-corrected chi connectivity index (χ1v) is 6.32. The normalized spacial score (nSPS) is 10.4. The summed E-state index contributed by atoms with van der Waals surface area (Å²) in [4.78, 5) is 0. The number of hydrogen-bond donors (Lipinski definition) is 1. The molecular weight excluding hydrogens is 296 g/mol. The van der Waals surface area contributed by atoms with Gasteiger partial charge in [0.1, 0.15) is 5.82 Å². The molecule has 0 radical (unpaired) electrons. The van der Waals surface area contributed by atoms with Gasteiger partial charge in [0.05, 0.1) is 10.7 Å². The van der Waals surface area contributed by atoms with E-state index in [1.807, 2.05) is 0 Å². The van der Waals surface area contributed by atoms with E-state index in [0.29, 0.717) is 21.6 Å². The Morgan fingerprint density at radius 1 is 1.00 bits per heavy atom. The van der Waals surface area contributed by atoms with Crippen LogP contribution in [0.3, 0.4) is 0 Å². The highest BCUT2D eigenvalue weighted by Crippen LogP contribution is 2.26. The summed E-state index contributed by atoms with van der Waals surface area (Å²) in [5.41, 5.74) is 1.13. The van der Waals surface area contributed by atoms with Gasteiger partial charge in [0.15, 0.2) is 0 Å². The molecule has 2 aromatic carbocycles. The summed E-state index contributed by atoms with van der Waals surface area (Å²) in [7, 11) is 0. The van der Waals surface area contributed by atoms with Crippen molar-refractivity contribution >= 4 is 40.5 Å². The van der Waals surface area contributed by atoms with Gasteiger partial charge in [-0.25, -0.2) is 4.39 Å². The SMILES string of the molecule is Fc1cccc(Cl)c1NCc1cc(Cl)cc(Cl)c1. The highest BCUT2D eigenvalue weighted by Gasteiger charge is 2.06. The molecule has 2 aromatic rings. The minimum absolute atomic E-state index is 0.273. The van der Waals surface area contributed by atoms with Crippen LogP contribution in [0.2, 0.25) is 15.1 Å². The van der Waals surface area contributed by atoms with E-state index < -0.39 is 5.82 Å². The molecule has 0 saturated heterocycles. The van der Waals surface area contributed by atoms with Gasteiger partial charge in [0.25, 0.3) is 0 Å². The molecule has 0 heterocycles. The lowest BCUT2D eigenvalue weighted by Crippen LogP contribution is -2.02. The molecule has 0 aromatic heterocycles. The zero-order valence-electron chi connectivity index (χ0n) is 9.18. The van der Waals surface area contributed by atoms with Crippen molar-refractivity contribution in [1.29, 1.82) is 0 Å². The summed E-state index contributed by atoms with van der Waals surface area (Å²) in [6.45, 7) is 0.390. The number of para-hydroxylation sites is 1. The second-order valence-electron chi connectivity index (χ2n) is 3.73. The molecular formula is C13H9Cl3FN. The smallest absolute Gasteiger partial charge is 0.147 e. The van der Waals surface area contributed by atoms with E-state index in [9.17, 15) is 4.39 Å². The molecule has 0 saturated carbocycles. The van der Waals surface area contributed by atoms with Gasteiger partial charge in [-0.15, -0.1) is 0 Å². The van der Waals surface area contributed by atoms with Crippen LogP contribution in [-0.4, -0.2) is 0 Å². The number of anilines is 1. The Labute approximate surface area is 119 Å². The molecule has 0 unspecified atom stereocenters. The highest BCUT2D eigenvalue weighted by atomic mass is 35.5. The van der Waals surface area contributed by atoms with Gasteiger partial charge in [-0.1, -0.05) is 40.9 Å². The fourth-order valence-electron chi connectivity index (χ4n) is 1.57. The number of benzene rings is 2. The zero-order valence-corrected chi connectivity index (χ0v) is 11.5. The molecule has 0 aliphatic heterocycles. The van der Waals surface area contributed by atoms with Gasteiger partial charge in [-0.3, -0.25) is 0 Å². The number of rotatable bonds is 3. The minimum Gasteiger partial charge on any atom is -0.377 e. The van der Waals surface area contributed by atoms with Crippen LogP contribution in [0.5, 0.6) is 0 Å². The Kier molecular flexibility index (Phi) is 4.33. The minimum atomic E-state index is -0.393. The molecule has 1 N–H and O–H groups in total. The number of hydrogen-bond acceptors (Lipinski definition) is 1. The summed E-state index contributed by atoms with van der Waals surface area (Å²) in [6.07, 6.45) is 0. The average Bonchev–Trinajstić information content (AvgIpc) is 2.27. The average molecular weight is 305 g/mol. The van der Waals surface area contributed by atoms with Crippen LogP contribution >= 0.6 is 34.8 Å². The van der Waals surface area contributed by atoms with Crippen LogP contribution in [0.4, 0.5) is 10.1 Å². The van der Waals surface area contributed by atoms with Gasteiger partial charge < -0.3 is 5.32 Å². The third-order valence-corrected chi connectivity index (χ3v) is 3.11. The number of nitrogens with one attached hydrogen (secondary N) is 1. The largest absolute Gasteiger partial charge is 0.377 e. The van der Waals surface area contributed by atoms with Crippen molar-refractivity contribution in [2.75, 3.05) is 5.32 Å². The summed E-state index contributed by atoms with van der Waals surface area (Å²) in [6, 6.07) is 9.68. The van der Waals surface area contributed by atoms with Crippen LogP contribution in [0.1, 0.15) is 5.56 Å². The van der Waals surface area contributed by atoms with E-state index in [1.54, 1.807) is 30.3 Å². The van der Waals surface area contributed by atoms with Crippen molar-refractivity contribution in [2.24, 2.45) is 0 Å². The second-order valence-corrected chi connectivity index (χ2v) is 5.01. The van der Waals surface area contributed by atoms with Gasteiger partial charge in [0.2, 0.25) is 0 Å². The first-order chi connectivity index (χ1) is 8.56. The van der Waals surface area contributed by atoms with E-state index in [2.05, 4.69) is 5.32 Å². The lowest BCUT2D eigenvalue weighted by molar-refractivity contribution is 0.630. The van der Waals surface area contributed by atoms with E-state index in [-0.39, 0.29) is 5.69 Å². The maximum atomic E-state index is 13.5. The fraction of sp³-hybridized carbons (Fsp3) is 0.0769. The predicted molar refractivity (Wildman–Crippen MR) is 75.2 cm³/mol. The molecule has 0 fully saturated rings. The van der Waals surface area contributed by atoms with E-state index >= 15 is 0 Å². The Bertz CT molecular complexity index is 532. The number of halogens is 4. The molecule has 0 spiro atoms. The first kappa shape index (κ1) is 13.5. The molecule has 0 amide bonds. The molecule has 5 heteroatoms. The maximum absolute atomic E-state index is 13.5. The van der Waals surface area contributed by atoms with Crippen LogP contribution in [0.25, 0.3) is 0 Å². The first-order valence-electron chi connectivity index (χ1n) is 5.19. The monoisotopic (exact) mass is 303 g/mol. The highest BCUT2D eigenvalue weighted by molar-refractivity contribution is 6.34. The molecule has 94 valence electrons. The Balaban J connectivity index is 2.16. The van der Waals surface area contributed by atoms with E-state index in [4.69, 9.17) is 34.8 Å². The summed E-state index contributed by atoms with van der Waals surface area (Å²) >= 11 is 17.7. The van der Waals surface area contributed by atoms with Crippen molar-refractivity contribution in [3.63, 3.8) is 0 Å². The second kappa shape index (κ2) is 5.79. The van der Waals surface area contributed by atoms with Gasteiger partial charge in [0, 0.05) is 16.6 Å². The van der Waals surface area contributed by atoms with Gasteiger partial charge in [-0.2, -0.15) is 0 Å². The zero-order chi connectivity index (χ0) is 13.1. The third-order valence-electron chi connectivity index (χ3n) is 2.35. The van der Waals surface area contributed by atoms with E-state index in [1.165, 1.54) is 6.07 Å². The molecule has 0 aliphatic carbocycles. The third kappa shape index (κ3) is 3.29. The quantitative estimate of drug-likeness (QED) is 0.800. The van der Waals surface area contributed by atoms with Crippen LogP contribution in [0, 0.1) is 5.82 Å². The van der Waals surface area contributed by atoms with Crippen LogP contribution < -0.4 is 5.32 Å². The predicted octanol–water partition coefficient (Wildman–Crippen LogP) is 5.40. The van der Waals surface area contributed by atoms with Crippen molar-refractivity contribution < 1.29 is 4.39 Å². The molecule has 0 bridgehead atoms. The van der Waals surface area contributed by atoms with Crippen LogP contribution in [-0.2, 0) is 6.54 Å². The lowest BCUT2D eigenvalue weighted by atomic mass is 10.2. The van der Waals surface area contributed by atoms with E-state index in [0.717, 1.165) is 5.56 Å². The standard InChI is InChI=1S/C13H9Cl3FN/c14-9-4-8(5-10(15)6-9)7-18-13-11(16)2-1-3-12(13)17/h1-6,18H,7H2. The lowest BCUT2D eigenvalue weighted by Gasteiger charge is -2.10. The molecule has 0 aliphatic rings.